The summed E-state index contributed by atoms with van der Waals surface area (Å²) >= 11 is 0. The molecule has 0 saturated carbocycles. The molecule has 0 aromatic heterocycles. The minimum absolute atomic E-state index is 0. The molecule has 1 heterocycles. The van der Waals surface area contributed by atoms with Gasteiger partial charge in [0.15, 0.2) is 5.96 Å². The molecule has 29 heavy (non-hydrogen) atoms. The number of hydrogen-bond acceptors (Lipinski definition) is 5. The van der Waals surface area contributed by atoms with Crippen LogP contribution in [0.1, 0.15) is 24.8 Å². The van der Waals surface area contributed by atoms with Crippen molar-refractivity contribution in [1.29, 1.82) is 0 Å². The number of methoxy groups -OCH3 is 1. The molecular formula is C19H33IN4O4S. The Kier molecular flexibility index (Phi) is 12.0. The van der Waals surface area contributed by atoms with Crippen molar-refractivity contribution in [3.05, 3.63) is 29.8 Å². The van der Waals surface area contributed by atoms with E-state index in [1.807, 2.05) is 0 Å². The summed E-state index contributed by atoms with van der Waals surface area (Å²) in [4.78, 5) is 6.76. The molecule has 166 valence electrons. The van der Waals surface area contributed by atoms with Gasteiger partial charge in [-0.25, -0.2) is 13.6 Å². The number of likely N-dealkylation sites (tertiary alicyclic amines) is 1. The van der Waals surface area contributed by atoms with E-state index in [2.05, 4.69) is 15.2 Å². The SMILES string of the molecule is CN=C(NCCc1ccc(S(N)(=O)=O)cc1)N1CCC(OCCCOC)CC1.I. The van der Waals surface area contributed by atoms with Gasteiger partial charge in [-0.1, -0.05) is 12.1 Å². The second-order valence-corrected chi connectivity index (χ2v) is 8.38. The topological polar surface area (TPSA) is 106 Å². The highest BCUT2D eigenvalue weighted by Crippen LogP contribution is 2.14. The first-order valence-corrected chi connectivity index (χ1v) is 11.2. The van der Waals surface area contributed by atoms with Crippen LogP contribution in [0.2, 0.25) is 0 Å². The Morgan fingerprint density at radius 3 is 2.45 bits per heavy atom. The lowest BCUT2D eigenvalue weighted by Gasteiger charge is -2.34. The van der Waals surface area contributed by atoms with Gasteiger partial charge in [-0.05, 0) is 43.4 Å². The third-order valence-corrected chi connectivity index (χ3v) is 5.68. The van der Waals surface area contributed by atoms with Gasteiger partial charge in [0.25, 0.3) is 0 Å². The predicted molar refractivity (Wildman–Crippen MR) is 125 cm³/mol. The number of nitrogens with zero attached hydrogens (tertiary/aromatic N) is 2. The molecule has 3 N–H and O–H groups in total. The summed E-state index contributed by atoms with van der Waals surface area (Å²) in [7, 11) is -0.150. The number of piperidine rings is 1. The van der Waals surface area contributed by atoms with Crippen LogP contribution in [-0.4, -0.2) is 72.4 Å². The largest absolute Gasteiger partial charge is 0.385 e. The average molecular weight is 540 g/mol. The fourth-order valence-electron chi connectivity index (χ4n) is 3.18. The van der Waals surface area contributed by atoms with Crippen molar-refractivity contribution in [3.63, 3.8) is 0 Å². The van der Waals surface area contributed by atoms with Crippen molar-refractivity contribution in [3.8, 4) is 0 Å². The molecule has 0 bridgehead atoms. The van der Waals surface area contributed by atoms with Gasteiger partial charge in [0.05, 0.1) is 11.0 Å². The Labute approximate surface area is 191 Å². The highest BCUT2D eigenvalue weighted by atomic mass is 127. The number of guanidine groups is 1. The Balaban J connectivity index is 0.00000420. The van der Waals surface area contributed by atoms with E-state index in [1.54, 1.807) is 26.3 Å². The molecule has 1 aliphatic heterocycles. The molecule has 0 spiro atoms. The van der Waals surface area contributed by atoms with E-state index in [9.17, 15) is 8.42 Å². The quantitative estimate of drug-likeness (QED) is 0.213. The zero-order valence-electron chi connectivity index (χ0n) is 17.2. The highest BCUT2D eigenvalue weighted by molar-refractivity contribution is 14.0. The van der Waals surface area contributed by atoms with Crippen LogP contribution in [0.5, 0.6) is 0 Å². The van der Waals surface area contributed by atoms with Gasteiger partial charge in [-0.15, -0.1) is 24.0 Å². The van der Waals surface area contributed by atoms with Gasteiger partial charge in [0.1, 0.15) is 0 Å². The van der Waals surface area contributed by atoms with Crippen molar-refractivity contribution in [2.45, 2.75) is 36.7 Å². The normalized spacial score (nSPS) is 15.8. The molecule has 0 amide bonds. The highest BCUT2D eigenvalue weighted by Gasteiger charge is 2.21. The van der Waals surface area contributed by atoms with Gasteiger partial charge in [-0.2, -0.15) is 0 Å². The lowest BCUT2D eigenvalue weighted by Crippen LogP contribution is -2.47. The molecule has 1 aromatic carbocycles. The Morgan fingerprint density at radius 2 is 1.90 bits per heavy atom. The third-order valence-electron chi connectivity index (χ3n) is 4.75. The molecule has 2 rings (SSSR count). The van der Waals surface area contributed by atoms with Gasteiger partial charge >= 0.3 is 0 Å². The molecule has 0 aliphatic carbocycles. The number of nitrogens with one attached hydrogen (secondary N) is 1. The maximum atomic E-state index is 11.3. The van der Waals surface area contributed by atoms with E-state index in [0.29, 0.717) is 6.10 Å². The summed E-state index contributed by atoms with van der Waals surface area (Å²) in [5.41, 5.74) is 1.04. The van der Waals surface area contributed by atoms with Crippen molar-refractivity contribution < 1.29 is 17.9 Å². The van der Waals surface area contributed by atoms with Crippen molar-refractivity contribution in [2.24, 2.45) is 10.1 Å². The minimum Gasteiger partial charge on any atom is -0.385 e. The fraction of sp³-hybridized carbons (Fsp3) is 0.632. The van der Waals surface area contributed by atoms with Crippen LogP contribution in [0.15, 0.2) is 34.2 Å². The first kappa shape index (κ1) is 26.1. The number of rotatable bonds is 9. The van der Waals surface area contributed by atoms with Crippen LogP contribution >= 0.6 is 24.0 Å². The number of ether oxygens (including phenoxy) is 2. The summed E-state index contributed by atoms with van der Waals surface area (Å²) in [6.07, 6.45) is 3.98. The van der Waals surface area contributed by atoms with Crippen LogP contribution in [0.3, 0.4) is 0 Å². The number of hydrogen-bond donors (Lipinski definition) is 2. The van der Waals surface area contributed by atoms with Crippen LogP contribution in [0.25, 0.3) is 0 Å². The first-order valence-electron chi connectivity index (χ1n) is 9.62. The zero-order valence-corrected chi connectivity index (χ0v) is 20.3. The van der Waals surface area contributed by atoms with E-state index in [4.69, 9.17) is 14.6 Å². The molecule has 1 aromatic rings. The van der Waals surface area contributed by atoms with E-state index in [0.717, 1.165) is 70.1 Å². The van der Waals surface area contributed by atoms with E-state index >= 15 is 0 Å². The van der Waals surface area contributed by atoms with Gasteiger partial charge in [0, 0.05) is 47.0 Å². The lowest BCUT2D eigenvalue weighted by atomic mass is 10.1. The summed E-state index contributed by atoms with van der Waals surface area (Å²) in [5.74, 6) is 0.888. The first-order chi connectivity index (χ1) is 13.4. The van der Waals surface area contributed by atoms with Crippen LogP contribution in [-0.2, 0) is 25.9 Å². The molecule has 1 aliphatic rings. The molecule has 0 radical (unpaired) electrons. The Hall–Kier alpha value is -0.950. The van der Waals surface area contributed by atoms with Gasteiger partial charge in [-0.3, -0.25) is 4.99 Å². The Morgan fingerprint density at radius 1 is 1.24 bits per heavy atom. The second kappa shape index (κ2) is 13.4. The molecule has 0 atom stereocenters. The van der Waals surface area contributed by atoms with Crippen molar-refractivity contribution >= 4 is 40.0 Å². The maximum absolute atomic E-state index is 11.3. The standard InChI is InChI=1S/C19H32N4O4S.HI/c1-21-19(23-12-9-17(10-13-23)27-15-3-14-26-2)22-11-8-16-4-6-18(7-5-16)28(20,24)25;/h4-7,17H,3,8-15H2,1-2H3,(H,21,22)(H2,20,24,25);1H. The zero-order chi connectivity index (χ0) is 20.4. The number of halogens is 1. The molecule has 1 saturated heterocycles. The van der Waals surface area contributed by atoms with Crippen molar-refractivity contribution in [1.82, 2.24) is 10.2 Å². The molecule has 10 heteroatoms. The van der Waals surface area contributed by atoms with Gasteiger partial charge in [0.2, 0.25) is 10.0 Å². The van der Waals surface area contributed by atoms with Crippen LogP contribution in [0.4, 0.5) is 0 Å². The Bertz CT molecular complexity index is 720. The molecular weight excluding hydrogens is 507 g/mol. The third kappa shape index (κ3) is 9.16. The van der Waals surface area contributed by atoms with Gasteiger partial charge < -0.3 is 19.7 Å². The molecule has 8 nitrogen and oxygen atoms in total. The average Bonchev–Trinajstić information content (AvgIpc) is 2.69. The summed E-state index contributed by atoms with van der Waals surface area (Å²) < 4.78 is 33.5. The maximum Gasteiger partial charge on any atom is 0.238 e. The monoisotopic (exact) mass is 540 g/mol. The lowest BCUT2D eigenvalue weighted by molar-refractivity contribution is 0.00992. The number of aliphatic imine (C=N–C) groups is 1. The number of sulfonamides is 1. The number of benzene rings is 1. The van der Waals surface area contributed by atoms with Crippen LogP contribution in [0, 0.1) is 0 Å². The number of nitrogens with two attached hydrogens (primary N) is 1. The van der Waals surface area contributed by atoms with Crippen LogP contribution < -0.4 is 10.5 Å². The van der Waals surface area contributed by atoms with Crippen molar-refractivity contribution in [2.75, 3.05) is 47.0 Å². The summed E-state index contributed by atoms with van der Waals surface area (Å²) in [6, 6.07) is 6.65. The molecule has 1 fully saturated rings. The second-order valence-electron chi connectivity index (χ2n) is 6.82. The fourth-order valence-corrected chi connectivity index (χ4v) is 3.70. The summed E-state index contributed by atoms with van der Waals surface area (Å²) in [6.45, 7) is 4.03. The smallest absolute Gasteiger partial charge is 0.238 e. The van der Waals surface area contributed by atoms with E-state index in [1.165, 1.54) is 12.1 Å². The summed E-state index contributed by atoms with van der Waals surface area (Å²) in [5, 5.41) is 8.50. The van der Waals surface area contributed by atoms with E-state index < -0.39 is 10.0 Å². The minimum atomic E-state index is -3.64. The predicted octanol–water partition coefficient (Wildman–Crippen LogP) is 1.59. The van der Waals surface area contributed by atoms with E-state index in [-0.39, 0.29) is 28.9 Å². The molecule has 0 unspecified atom stereocenters. The number of primary sulfonamides is 1.